The van der Waals surface area contributed by atoms with Crippen LogP contribution in [0.5, 0.6) is 5.75 Å². The minimum Gasteiger partial charge on any atom is -0.483 e. The van der Waals surface area contributed by atoms with Crippen LogP contribution in [0.25, 0.3) is 0 Å². The van der Waals surface area contributed by atoms with Gasteiger partial charge in [-0.25, -0.2) is 0 Å². The Kier molecular flexibility index (Phi) is 5.83. The first-order valence-electron chi connectivity index (χ1n) is 6.65. The lowest BCUT2D eigenvalue weighted by Crippen LogP contribution is -2.44. The van der Waals surface area contributed by atoms with E-state index in [1.165, 1.54) is 0 Å². The topological polar surface area (TPSA) is 50.4 Å². The normalized spacial score (nSPS) is 11.2. The summed E-state index contributed by atoms with van der Waals surface area (Å²) in [5, 5.41) is 6.03. The zero-order valence-electron chi connectivity index (χ0n) is 12.2. The molecule has 0 radical (unpaired) electrons. The molecular formula is C15H24N2O2. The average Bonchev–Trinajstić information content (AvgIpc) is 2.38. The summed E-state index contributed by atoms with van der Waals surface area (Å²) in [5.74, 6) is 0.660. The van der Waals surface area contributed by atoms with Gasteiger partial charge < -0.3 is 15.4 Å². The van der Waals surface area contributed by atoms with Gasteiger partial charge in [0.25, 0.3) is 5.91 Å². The molecule has 0 spiro atoms. The van der Waals surface area contributed by atoms with E-state index in [9.17, 15) is 4.79 Å². The maximum atomic E-state index is 11.8. The molecule has 4 nitrogen and oxygen atoms in total. The highest BCUT2D eigenvalue weighted by Gasteiger charge is 2.18. The number of para-hydroxylation sites is 1. The van der Waals surface area contributed by atoms with Crippen LogP contribution in [0.3, 0.4) is 0 Å². The zero-order valence-corrected chi connectivity index (χ0v) is 12.2. The molecule has 0 saturated carbocycles. The second-order valence-electron chi connectivity index (χ2n) is 5.21. The van der Waals surface area contributed by atoms with Gasteiger partial charge in [-0.2, -0.15) is 0 Å². The first kappa shape index (κ1) is 15.5. The van der Waals surface area contributed by atoms with Gasteiger partial charge in [0.15, 0.2) is 6.61 Å². The molecule has 2 N–H and O–H groups in total. The minimum absolute atomic E-state index is 0.0458. The lowest BCUT2D eigenvalue weighted by molar-refractivity contribution is -0.124. The lowest BCUT2D eigenvalue weighted by Gasteiger charge is -2.24. The van der Waals surface area contributed by atoms with E-state index in [0.29, 0.717) is 0 Å². The van der Waals surface area contributed by atoms with Crippen molar-refractivity contribution in [1.82, 2.24) is 10.6 Å². The fourth-order valence-corrected chi connectivity index (χ4v) is 1.63. The van der Waals surface area contributed by atoms with Crippen LogP contribution in [0.15, 0.2) is 24.3 Å². The van der Waals surface area contributed by atoms with Crippen molar-refractivity contribution < 1.29 is 9.53 Å². The van der Waals surface area contributed by atoms with Crippen LogP contribution < -0.4 is 15.4 Å². The number of rotatable bonds is 7. The predicted molar refractivity (Wildman–Crippen MR) is 77.2 cm³/mol. The van der Waals surface area contributed by atoms with Crippen molar-refractivity contribution in [2.45, 2.75) is 39.3 Å². The predicted octanol–water partition coefficient (Wildman–Crippen LogP) is 2.09. The lowest BCUT2D eigenvalue weighted by atomic mass is 10.0. The Morgan fingerprint density at radius 1 is 1.32 bits per heavy atom. The molecule has 0 aliphatic rings. The van der Waals surface area contributed by atoms with E-state index in [0.717, 1.165) is 24.3 Å². The number of ether oxygens (including phenoxy) is 1. The van der Waals surface area contributed by atoms with Gasteiger partial charge in [-0.05, 0) is 33.4 Å². The summed E-state index contributed by atoms with van der Waals surface area (Å²) >= 11 is 0. The molecule has 1 rings (SSSR count). The van der Waals surface area contributed by atoms with Gasteiger partial charge >= 0.3 is 0 Å². The summed E-state index contributed by atoms with van der Waals surface area (Å²) in [4.78, 5) is 11.8. The van der Waals surface area contributed by atoms with Gasteiger partial charge in [0.1, 0.15) is 5.75 Å². The Morgan fingerprint density at radius 2 is 2.00 bits per heavy atom. The van der Waals surface area contributed by atoms with Crippen molar-refractivity contribution in [2.75, 3.05) is 13.7 Å². The Morgan fingerprint density at radius 3 is 2.63 bits per heavy atom. The van der Waals surface area contributed by atoms with Crippen molar-refractivity contribution in [2.24, 2.45) is 0 Å². The number of amides is 1. The first-order valence-corrected chi connectivity index (χ1v) is 6.65. The Balaban J connectivity index is 2.55. The SMILES string of the molecule is CCC(C)(C)NC(=O)COc1ccccc1CNC. The second-order valence-corrected chi connectivity index (χ2v) is 5.21. The molecule has 1 amide bonds. The first-order chi connectivity index (χ1) is 8.98. The van der Waals surface area contributed by atoms with E-state index in [1.807, 2.05) is 52.1 Å². The fourth-order valence-electron chi connectivity index (χ4n) is 1.63. The number of carbonyl (C=O) groups excluding carboxylic acids is 1. The van der Waals surface area contributed by atoms with Gasteiger partial charge in [-0.1, -0.05) is 25.1 Å². The summed E-state index contributed by atoms with van der Waals surface area (Å²) < 4.78 is 5.59. The molecule has 0 heterocycles. The molecule has 0 atom stereocenters. The number of hydrogen-bond donors (Lipinski definition) is 2. The van der Waals surface area contributed by atoms with Crippen molar-refractivity contribution in [3.8, 4) is 5.75 Å². The molecule has 1 aromatic carbocycles. The molecule has 19 heavy (non-hydrogen) atoms. The van der Waals surface area contributed by atoms with E-state index >= 15 is 0 Å². The summed E-state index contributed by atoms with van der Waals surface area (Å²) in [6.45, 7) is 6.81. The summed E-state index contributed by atoms with van der Waals surface area (Å²) in [6, 6.07) is 7.73. The molecule has 0 aromatic heterocycles. The largest absolute Gasteiger partial charge is 0.483 e. The summed E-state index contributed by atoms with van der Waals surface area (Å²) in [5.41, 5.74) is 0.859. The monoisotopic (exact) mass is 264 g/mol. The Hall–Kier alpha value is -1.55. The van der Waals surface area contributed by atoms with Crippen molar-refractivity contribution in [1.29, 1.82) is 0 Å². The third-order valence-corrected chi connectivity index (χ3v) is 3.06. The number of nitrogens with one attached hydrogen (secondary N) is 2. The number of carbonyl (C=O) groups is 1. The second kappa shape index (κ2) is 7.14. The molecule has 1 aromatic rings. The molecule has 106 valence electrons. The van der Waals surface area contributed by atoms with Crippen molar-refractivity contribution >= 4 is 5.91 Å². The highest BCUT2D eigenvalue weighted by atomic mass is 16.5. The molecule has 0 aliphatic heterocycles. The minimum atomic E-state index is -0.190. The van der Waals surface area contributed by atoms with Crippen LogP contribution in [0.1, 0.15) is 32.8 Å². The van der Waals surface area contributed by atoms with Gasteiger partial charge in [-0.3, -0.25) is 4.79 Å². The maximum absolute atomic E-state index is 11.8. The molecule has 0 saturated heterocycles. The van der Waals surface area contributed by atoms with Crippen molar-refractivity contribution in [3.63, 3.8) is 0 Å². The van der Waals surface area contributed by atoms with E-state index < -0.39 is 0 Å². The van der Waals surface area contributed by atoms with Crippen molar-refractivity contribution in [3.05, 3.63) is 29.8 Å². The van der Waals surface area contributed by atoms with E-state index in [1.54, 1.807) is 0 Å². The third-order valence-electron chi connectivity index (χ3n) is 3.06. The maximum Gasteiger partial charge on any atom is 0.258 e. The zero-order chi connectivity index (χ0) is 14.3. The van der Waals surface area contributed by atoms with Gasteiger partial charge in [0.2, 0.25) is 0 Å². The Labute approximate surface area is 115 Å². The van der Waals surface area contributed by atoms with Crippen LogP contribution >= 0.6 is 0 Å². The smallest absolute Gasteiger partial charge is 0.258 e. The van der Waals surface area contributed by atoms with Crippen LogP contribution in [-0.4, -0.2) is 25.1 Å². The molecule has 0 aliphatic carbocycles. The van der Waals surface area contributed by atoms with Gasteiger partial charge in [0, 0.05) is 17.6 Å². The average molecular weight is 264 g/mol. The third kappa shape index (κ3) is 5.30. The van der Waals surface area contributed by atoms with E-state index in [-0.39, 0.29) is 18.1 Å². The van der Waals surface area contributed by atoms with Crippen LogP contribution in [0, 0.1) is 0 Å². The van der Waals surface area contributed by atoms with Crippen LogP contribution in [0.2, 0.25) is 0 Å². The number of hydrogen-bond acceptors (Lipinski definition) is 3. The summed E-state index contributed by atoms with van der Waals surface area (Å²) in [7, 11) is 1.88. The van der Waals surface area contributed by atoms with E-state index in [2.05, 4.69) is 10.6 Å². The Bertz CT molecular complexity index is 416. The fraction of sp³-hybridized carbons (Fsp3) is 0.533. The molecule has 0 bridgehead atoms. The van der Waals surface area contributed by atoms with Crippen LogP contribution in [0.4, 0.5) is 0 Å². The summed E-state index contributed by atoms with van der Waals surface area (Å²) in [6.07, 6.45) is 0.884. The van der Waals surface area contributed by atoms with E-state index in [4.69, 9.17) is 4.74 Å². The highest BCUT2D eigenvalue weighted by molar-refractivity contribution is 5.78. The number of benzene rings is 1. The molecule has 0 fully saturated rings. The van der Waals surface area contributed by atoms with Gasteiger partial charge in [0.05, 0.1) is 0 Å². The molecule has 0 unspecified atom stereocenters. The standard InChI is InChI=1S/C15H24N2O2/c1-5-15(2,3)17-14(18)11-19-13-9-7-6-8-12(13)10-16-4/h6-9,16H,5,10-11H2,1-4H3,(H,17,18). The molecular weight excluding hydrogens is 240 g/mol. The highest BCUT2D eigenvalue weighted by Crippen LogP contribution is 2.17. The quantitative estimate of drug-likeness (QED) is 0.793. The molecule has 4 heteroatoms. The van der Waals surface area contributed by atoms with Crippen LogP contribution in [-0.2, 0) is 11.3 Å². The van der Waals surface area contributed by atoms with Gasteiger partial charge in [-0.15, -0.1) is 0 Å².